The van der Waals surface area contributed by atoms with Gasteiger partial charge in [0.25, 0.3) is 0 Å². The highest BCUT2D eigenvalue weighted by Gasteiger charge is 2.12. The Hall–Kier alpha value is -5.18. The van der Waals surface area contributed by atoms with E-state index in [9.17, 15) is 9.59 Å². The van der Waals surface area contributed by atoms with E-state index in [1.54, 1.807) is 40.6 Å². The number of rotatable bonds is 16. The minimum absolute atomic E-state index is 0.0735. The molecular formula is C37H42N2O7. The number of amides is 2. The van der Waals surface area contributed by atoms with Crippen LogP contribution >= 0.6 is 0 Å². The summed E-state index contributed by atoms with van der Waals surface area (Å²) in [5, 5.41) is 5.96. The van der Waals surface area contributed by atoms with Gasteiger partial charge in [0, 0.05) is 13.1 Å². The van der Waals surface area contributed by atoms with Gasteiger partial charge in [-0.1, -0.05) is 36.4 Å². The van der Waals surface area contributed by atoms with Crippen molar-refractivity contribution in [1.29, 1.82) is 0 Å². The molecule has 0 aliphatic rings. The lowest BCUT2D eigenvalue weighted by Gasteiger charge is -2.13. The fraction of sp³-hybridized carbons (Fsp3) is 0.297. The third-order valence-corrected chi connectivity index (χ3v) is 7.46. The van der Waals surface area contributed by atoms with Gasteiger partial charge in [-0.15, -0.1) is 0 Å². The average molecular weight is 627 g/mol. The molecule has 9 heteroatoms. The van der Waals surface area contributed by atoms with Gasteiger partial charge in [0.2, 0.25) is 11.8 Å². The van der Waals surface area contributed by atoms with Crippen LogP contribution in [0.1, 0.15) is 27.8 Å². The topological polar surface area (TPSA) is 104 Å². The van der Waals surface area contributed by atoms with Gasteiger partial charge in [-0.05, 0) is 90.0 Å². The van der Waals surface area contributed by atoms with Gasteiger partial charge in [-0.25, -0.2) is 0 Å². The summed E-state index contributed by atoms with van der Waals surface area (Å²) >= 11 is 0. The van der Waals surface area contributed by atoms with E-state index in [2.05, 4.69) is 16.7 Å². The van der Waals surface area contributed by atoms with Crippen LogP contribution in [0.5, 0.6) is 34.5 Å². The summed E-state index contributed by atoms with van der Waals surface area (Å²) in [7, 11) is 6.41. The number of nitrogens with one attached hydrogen (secondary N) is 2. The van der Waals surface area contributed by atoms with Crippen molar-refractivity contribution in [1.82, 2.24) is 10.6 Å². The first kappa shape index (κ1) is 33.7. The van der Waals surface area contributed by atoms with Crippen molar-refractivity contribution in [3.8, 4) is 34.5 Å². The summed E-state index contributed by atoms with van der Waals surface area (Å²) in [6, 6.07) is 24.6. The molecule has 0 spiro atoms. The molecule has 46 heavy (non-hydrogen) atoms. The highest BCUT2D eigenvalue weighted by Crippen LogP contribution is 2.33. The minimum atomic E-state index is -0.0862. The zero-order valence-corrected chi connectivity index (χ0v) is 27.1. The van der Waals surface area contributed by atoms with Gasteiger partial charge < -0.3 is 34.3 Å². The fourth-order valence-electron chi connectivity index (χ4n) is 5.07. The first-order valence-corrected chi connectivity index (χ1v) is 15.1. The summed E-state index contributed by atoms with van der Waals surface area (Å²) in [6.07, 6.45) is 1.82. The van der Waals surface area contributed by atoms with Crippen molar-refractivity contribution >= 4 is 11.8 Å². The van der Waals surface area contributed by atoms with Crippen molar-refractivity contribution in [3.05, 3.63) is 107 Å². The van der Waals surface area contributed by atoms with E-state index in [1.165, 1.54) is 0 Å². The largest absolute Gasteiger partial charge is 0.496 e. The molecule has 0 bridgehead atoms. The Morgan fingerprint density at radius 1 is 0.543 bits per heavy atom. The van der Waals surface area contributed by atoms with Crippen molar-refractivity contribution in [3.63, 3.8) is 0 Å². The molecule has 2 amide bonds. The zero-order chi connectivity index (χ0) is 32.9. The molecule has 0 radical (unpaired) electrons. The number of hydrogen-bond donors (Lipinski definition) is 2. The molecule has 0 atom stereocenters. The second-order valence-corrected chi connectivity index (χ2v) is 10.8. The Morgan fingerprint density at radius 2 is 1.04 bits per heavy atom. The molecule has 0 saturated carbocycles. The summed E-state index contributed by atoms with van der Waals surface area (Å²) in [5.41, 5.74) is 4.86. The third kappa shape index (κ3) is 9.66. The Morgan fingerprint density at radius 3 is 1.65 bits per heavy atom. The molecule has 4 rings (SSSR count). The van der Waals surface area contributed by atoms with E-state index < -0.39 is 0 Å². The third-order valence-electron chi connectivity index (χ3n) is 7.46. The summed E-state index contributed by atoms with van der Waals surface area (Å²) in [6.45, 7) is 3.03. The van der Waals surface area contributed by atoms with Gasteiger partial charge in [0.1, 0.15) is 11.5 Å². The maximum atomic E-state index is 12.6. The number of aryl methyl sites for hydroxylation is 1. The Balaban J connectivity index is 1.26. The smallest absolute Gasteiger partial charge is 0.224 e. The van der Waals surface area contributed by atoms with E-state index >= 15 is 0 Å². The highest BCUT2D eigenvalue weighted by atomic mass is 16.5. The van der Waals surface area contributed by atoms with Crippen LogP contribution in [0.2, 0.25) is 0 Å². The van der Waals surface area contributed by atoms with E-state index in [0.717, 1.165) is 40.0 Å². The van der Waals surface area contributed by atoms with Crippen molar-refractivity contribution in [2.75, 3.05) is 41.5 Å². The standard InChI is InChI=1S/C37H42N2O7/c1-25-19-26(9-12-31(25)42-2)15-17-38-37(41)24-29-11-14-33(35(22-29)45-5)46-30-8-6-7-28(20-30)23-36(40)39-18-16-27-10-13-32(43-3)34(21-27)44-4/h6-14,19-22H,15-18,23-24H2,1-5H3,(H,38,41)(H,39,40). The van der Waals surface area contributed by atoms with E-state index in [-0.39, 0.29) is 24.7 Å². The van der Waals surface area contributed by atoms with Gasteiger partial charge in [-0.3, -0.25) is 9.59 Å². The van der Waals surface area contributed by atoms with Gasteiger partial charge in [-0.2, -0.15) is 0 Å². The van der Waals surface area contributed by atoms with Crippen LogP contribution in [0.15, 0.2) is 78.9 Å². The van der Waals surface area contributed by atoms with E-state index in [4.69, 9.17) is 23.7 Å². The highest BCUT2D eigenvalue weighted by molar-refractivity contribution is 5.79. The summed E-state index contributed by atoms with van der Waals surface area (Å²) in [5.74, 6) is 3.62. The molecule has 242 valence electrons. The molecule has 9 nitrogen and oxygen atoms in total. The summed E-state index contributed by atoms with van der Waals surface area (Å²) in [4.78, 5) is 25.3. The van der Waals surface area contributed by atoms with Crippen LogP contribution in [0.3, 0.4) is 0 Å². The number of hydrogen-bond acceptors (Lipinski definition) is 7. The Labute approximate surface area is 270 Å². The molecule has 0 aromatic heterocycles. The maximum absolute atomic E-state index is 12.6. The zero-order valence-electron chi connectivity index (χ0n) is 27.1. The maximum Gasteiger partial charge on any atom is 0.224 e. The molecule has 0 unspecified atom stereocenters. The molecule has 0 heterocycles. The number of carbonyl (C=O) groups excluding carboxylic acids is 2. The fourth-order valence-corrected chi connectivity index (χ4v) is 5.07. The SMILES string of the molecule is COc1ccc(CCNC(=O)Cc2ccc(Oc3cccc(CC(=O)NCCc4ccc(OC)c(OC)c4)c3)c(OC)c2)cc1C. The molecule has 4 aromatic rings. The average Bonchev–Trinajstić information content (AvgIpc) is 3.05. The first-order valence-electron chi connectivity index (χ1n) is 15.1. The molecular weight excluding hydrogens is 584 g/mol. The molecule has 0 aliphatic carbocycles. The predicted molar refractivity (Wildman–Crippen MR) is 178 cm³/mol. The van der Waals surface area contributed by atoms with Crippen molar-refractivity contribution in [2.24, 2.45) is 0 Å². The van der Waals surface area contributed by atoms with Gasteiger partial charge in [0.15, 0.2) is 23.0 Å². The number of methoxy groups -OCH3 is 4. The van der Waals surface area contributed by atoms with E-state index in [1.807, 2.05) is 67.6 Å². The molecule has 4 aromatic carbocycles. The lowest BCUT2D eigenvalue weighted by molar-refractivity contribution is -0.121. The monoisotopic (exact) mass is 626 g/mol. The first-order chi connectivity index (χ1) is 22.3. The molecule has 0 aliphatic heterocycles. The van der Waals surface area contributed by atoms with Gasteiger partial charge >= 0.3 is 0 Å². The molecule has 2 N–H and O–H groups in total. The lowest BCUT2D eigenvalue weighted by Crippen LogP contribution is -2.27. The normalized spacial score (nSPS) is 10.5. The second kappa shape index (κ2) is 16.8. The van der Waals surface area contributed by atoms with Crippen LogP contribution in [-0.4, -0.2) is 53.3 Å². The minimum Gasteiger partial charge on any atom is -0.496 e. The Kier molecular flexibility index (Phi) is 12.3. The van der Waals surface area contributed by atoms with Crippen LogP contribution in [-0.2, 0) is 35.3 Å². The van der Waals surface area contributed by atoms with Crippen LogP contribution in [0, 0.1) is 6.92 Å². The number of carbonyl (C=O) groups is 2. The van der Waals surface area contributed by atoms with Crippen LogP contribution in [0.4, 0.5) is 0 Å². The second-order valence-electron chi connectivity index (χ2n) is 10.8. The van der Waals surface area contributed by atoms with Gasteiger partial charge in [0.05, 0.1) is 41.3 Å². The van der Waals surface area contributed by atoms with Crippen molar-refractivity contribution < 1.29 is 33.3 Å². The molecule has 0 fully saturated rings. The lowest BCUT2D eigenvalue weighted by atomic mass is 10.1. The summed E-state index contributed by atoms with van der Waals surface area (Å²) < 4.78 is 27.6. The van der Waals surface area contributed by atoms with E-state index in [0.29, 0.717) is 48.3 Å². The Bertz CT molecular complexity index is 1640. The predicted octanol–water partition coefficient (Wildman–Crippen LogP) is 5.62. The number of ether oxygens (including phenoxy) is 5. The van der Waals surface area contributed by atoms with Crippen LogP contribution in [0.25, 0.3) is 0 Å². The van der Waals surface area contributed by atoms with Crippen molar-refractivity contribution in [2.45, 2.75) is 32.6 Å². The quantitative estimate of drug-likeness (QED) is 0.166. The molecule has 0 saturated heterocycles. The van der Waals surface area contributed by atoms with Crippen LogP contribution < -0.4 is 34.3 Å². The number of benzene rings is 4.